The summed E-state index contributed by atoms with van der Waals surface area (Å²) in [4.78, 5) is 23.6. The van der Waals surface area contributed by atoms with Gasteiger partial charge in [-0.15, -0.1) is 0 Å². The number of benzene rings is 2. The summed E-state index contributed by atoms with van der Waals surface area (Å²) in [5.74, 6) is 0.180. The van der Waals surface area contributed by atoms with Gasteiger partial charge in [0, 0.05) is 17.7 Å². The van der Waals surface area contributed by atoms with Gasteiger partial charge in [-0.1, -0.05) is 35.9 Å². The fraction of sp³-hybridized carbons (Fsp3) is 0.0476. The molecule has 2 aromatic carbocycles. The second kappa shape index (κ2) is 8.22. The van der Waals surface area contributed by atoms with E-state index in [1.807, 2.05) is 6.07 Å². The lowest BCUT2D eigenvalue weighted by Gasteiger charge is -2.07. The summed E-state index contributed by atoms with van der Waals surface area (Å²) in [5, 5.41) is 18.9. The summed E-state index contributed by atoms with van der Waals surface area (Å²) in [6.07, 6.45) is 1.52. The zero-order valence-electron chi connectivity index (χ0n) is 15.5. The van der Waals surface area contributed by atoms with E-state index in [1.165, 1.54) is 29.1 Å². The van der Waals surface area contributed by atoms with Gasteiger partial charge < -0.3 is 9.73 Å². The van der Waals surface area contributed by atoms with Crippen molar-refractivity contribution in [3.05, 3.63) is 99.6 Å². The van der Waals surface area contributed by atoms with Gasteiger partial charge in [0.1, 0.15) is 11.5 Å². The number of non-ortho nitro benzene ring substituents is 1. The molecule has 1 N–H and O–H groups in total. The second-order valence-electron chi connectivity index (χ2n) is 6.35. The smallest absolute Gasteiger partial charge is 0.271 e. The topological polar surface area (TPSA) is 103 Å². The average molecular weight is 423 g/mol. The van der Waals surface area contributed by atoms with Crippen LogP contribution in [0.1, 0.15) is 16.2 Å². The quantitative estimate of drug-likeness (QED) is 0.360. The lowest BCUT2D eigenvalue weighted by molar-refractivity contribution is -0.384. The standard InChI is InChI=1S/C21H15ClN4O4/c22-18-9-2-1-8-17(18)19-12-20(21(27)23-13-16-7-4-10-30-16)25(24-19)14-5-3-6-15(11-14)26(28)29/h1-12H,13H2,(H,23,27). The van der Waals surface area contributed by atoms with Crippen molar-refractivity contribution in [3.8, 4) is 16.9 Å². The number of carbonyl (C=O) groups is 1. The number of hydrogen-bond acceptors (Lipinski definition) is 5. The highest BCUT2D eigenvalue weighted by molar-refractivity contribution is 6.33. The third-order valence-electron chi connectivity index (χ3n) is 4.38. The van der Waals surface area contributed by atoms with E-state index in [0.717, 1.165) is 0 Å². The molecule has 2 heterocycles. The Morgan fingerprint density at radius 1 is 1.13 bits per heavy atom. The number of nitro benzene ring substituents is 1. The van der Waals surface area contributed by atoms with E-state index in [4.69, 9.17) is 16.0 Å². The van der Waals surface area contributed by atoms with Crippen LogP contribution in [0.5, 0.6) is 0 Å². The Hall–Kier alpha value is -3.91. The van der Waals surface area contributed by atoms with Gasteiger partial charge in [0.15, 0.2) is 0 Å². The van der Waals surface area contributed by atoms with Crippen LogP contribution in [0.4, 0.5) is 5.69 Å². The van der Waals surface area contributed by atoms with Crippen molar-refractivity contribution >= 4 is 23.2 Å². The molecule has 0 spiro atoms. The van der Waals surface area contributed by atoms with Crippen molar-refractivity contribution in [2.75, 3.05) is 0 Å². The van der Waals surface area contributed by atoms with Crippen LogP contribution < -0.4 is 5.32 Å². The molecule has 0 atom stereocenters. The zero-order chi connectivity index (χ0) is 21.1. The summed E-state index contributed by atoms with van der Waals surface area (Å²) in [6, 6.07) is 18.1. The summed E-state index contributed by atoms with van der Waals surface area (Å²) in [6.45, 7) is 0.188. The third-order valence-corrected chi connectivity index (χ3v) is 4.71. The number of nitro groups is 1. The van der Waals surface area contributed by atoms with E-state index < -0.39 is 10.8 Å². The number of aromatic nitrogens is 2. The fourth-order valence-electron chi connectivity index (χ4n) is 2.95. The maximum atomic E-state index is 12.9. The second-order valence-corrected chi connectivity index (χ2v) is 6.75. The van der Waals surface area contributed by atoms with Gasteiger partial charge in [-0.05, 0) is 30.3 Å². The van der Waals surface area contributed by atoms with E-state index in [0.29, 0.717) is 27.7 Å². The van der Waals surface area contributed by atoms with Gasteiger partial charge in [0.2, 0.25) is 0 Å². The van der Waals surface area contributed by atoms with Crippen LogP contribution in [0.15, 0.2) is 77.4 Å². The Morgan fingerprint density at radius 3 is 2.70 bits per heavy atom. The van der Waals surface area contributed by atoms with Crippen LogP contribution in [0.3, 0.4) is 0 Å². The molecule has 8 nitrogen and oxygen atoms in total. The molecule has 0 unspecified atom stereocenters. The maximum Gasteiger partial charge on any atom is 0.271 e. The van der Waals surface area contributed by atoms with Crippen molar-refractivity contribution in [2.45, 2.75) is 6.54 Å². The molecule has 4 rings (SSSR count). The number of halogens is 1. The third kappa shape index (κ3) is 3.94. The fourth-order valence-corrected chi connectivity index (χ4v) is 3.18. The summed E-state index contributed by atoms with van der Waals surface area (Å²) < 4.78 is 6.60. The molecular weight excluding hydrogens is 408 g/mol. The zero-order valence-corrected chi connectivity index (χ0v) is 16.2. The normalized spacial score (nSPS) is 10.7. The number of carbonyl (C=O) groups excluding carboxylic acids is 1. The molecule has 30 heavy (non-hydrogen) atoms. The minimum Gasteiger partial charge on any atom is -0.467 e. The van der Waals surface area contributed by atoms with Crippen LogP contribution in [-0.2, 0) is 6.54 Å². The lowest BCUT2D eigenvalue weighted by Crippen LogP contribution is -2.25. The molecule has 1 amide bonds. The molecule has 9 heteroatoms. The molecule has 0 aliphatic heterocycles. The van der Waals surface area contributed by atoms with E-state index >= 15 is 0 Å². The number of amides is 1. The van der Waals surface area contributed by atoms with Crippen LogP contribution in [0.25, 0.3) is 16.9 Å². The molecule has 2 aromatic heterocycles. The van der Waals surface area contributed by atoms with Crippen molar-refractivity contribution in [1.82, 2.24) is 15.1 Å². The molecule has 4 aromatic rings. The van der Waals surface area contributed by atoms with Crippen LogP contribution in [0.2, 0.25) is 5.02 Å². The Bertz CT molecular complexity index is 1220. The van der Waals surface area contributed by atoms with E-state index in [9.17, 15) is 14.9 Å². The number of nitrogens with zero attached hydrogens (tertiary/aromatic N) is 3. The molecule has 0 aliphatic carbocycles. The number of hydrogen-bond donors (Lipinski definition) is 1. The molecular formula is C21H15ClN4O4. The van der Waals surface area contributed by atoms with Crippen LogP contribution >= 0.6 is 11.6 Å². The average Bonchev–Trinajstić information content (AvgIpc) is 3.42. The van der Waals surface area contributed by atoms with Crippen molar-refractivity contribution in [2.24, 2.45) is 0 Å². The number of rotatable bonds is 6. The summed E-state index contributed by atoms with van der Waals surface area (Å²) >= 11 is 6.29. The molecule has 0 fully saturated rings. The van der Waals surface area contributed by atoms with Crippen LogP contribution in [0, 0.1) is 10.1 Å². The van der Waals surface area contributed by atoms with Crippen molar-refractivity contribution in [3.63, 3.8) is 0 Å². The van der Waals surface area contributed by atoms with Gasteiger partial charge in [0.05, 0.1) is 34.1 Å². The molecule has 0 radical (unpaired) electrons. The molecule has 0 saturated carbocycles. The highest BCUT2D eigenvalue weighted by Crippen LogP contribution is 2.29. The first-order valence-corrected chi connectivity index (χ1v) is 9.31. The summed E-state index contributed by atoms with van der Waals surface area (Å²) in [5.41, 5.74) is 1.59. The first kappa shape index (κ1) is 19.4. The van der Waals surface area contributed by atoms with E-state index in [2.05, 4.69) is 10.4 Å². The predicted octanol–water partition coefficient (Wildman–Crippen LogP) is 4.62. The first-order chi connectivity index (χ1) is 14.5. The van der Waals surface area contributed by atoms with E-state index in [1.54, 1.807) is 42.5 Å². The highest BCUT2D eigenvalue weighted by atomic mass is 35.5. The van der Waals surface area contributed by atoms with Gasteiger partial charge >= 0.3 is 0 Å². The maximum absolute atomic E-state index is 12.9. The molecule has 150 valence electrons. The minimum absolute atomic E-state index is 0.107. The first-order valence-electron chi connectivity index (χ1n) is 8.93. The molecule has 0 aliphatic rings. The SMILES string of the molecule is O=C(NCc1ccco1)c1cc(-c2ccccc2Cl)nn1-c1cccc([N+](=O)[O-])c1. The number of nitrogens with one attached hydrogen (secondary N) is 1. The molecule has 0 saturated heterocycles. The number of furan rings is 1. The Kier molecular flexibility index (Phi) is 5.32. The van der Waals surface area contributed by atoms with E-state index in [-0.39, 0.29) is 17.9 Å². The van der Waals surface area contributed by atoms with Gasteiger partial charge in [0.25, 0.3) is 11.6 Å². The largest absolute Gasteiger partial charge is 0.467 e. The minimum atomic E-state index is -0.501. The molecule has 0 bridgehead atoms. The monoisotopic (exact) mass is 422 g/mol. The Labute approximate surface area is 175 Å². The van der Waals surface area contributed by atoms with Gasteiger partial charge in [-0.3, -0.25) is 14.9 Å². The highest BCUT2D eigenvalue weighted by Gasteiger charge is 2.20. The van der Waals surface area contributed by atoms with Crippen molar-refractivity contribution in [1.29, 1.82) is 0 Å². The predicted molar refractivity (Wildman–Crippen MR) is 111 cm³/mol. The van der Waals surface area contributed by atoms with Crippen LogP contribution in [-0.4, -0.2) is 20.6 Å². The Balaban J connectivity index is 1.76. The van der Waals surface area contributed by atoms with Crippen molar-refractivity contribution < 1.29 is 14.1 Å². The van der Waals surface area contributed by atoms with Gasteiger partial charge in [-0.25, -0.2) is 4.68 Å². The Morgan fingerprint density at radius 2 is 1.97 bits per heavy atom. The van der Waals surface area contributed by atoms with Gasteiger partial charge in [-0.2, -0.15) is 5.10 Å². The lowest BCUT2D eigenvalue weighted by atomic mass is 10.1. The summed E-state index contributed by atoms with van der Waals surface area (Å²) in [7, 11) is 0.